The van der Waals surface area contributed by atoms with Gasteiger partial charge in [0.1, 0.15) is 11.5 Å². The zero-order chi connectivity index (χ0) is 30.1. The molecular formula is C32H30ClN3O5S. The van der Waals surface area contributed by atoms with Crippen LogP contribution >= 0.6 is 22.9 Å². The molecular weight excluding hydrogens is 574 g/mol. The molecule has 5 rings (SSSR count). The van der Waals surface area contributed by atoms with Crippen molar-refractivity contribution in [3.63, 3.8) is 0 Å². The van der Waals surface area contributed by atoms with Crippen LogP contribution in [0.1, 0.15) is 54.1 Å². The highest BCUT2D eigenvalue weighted by atomic mass is 35.5. The van der Waals surface area contributed by atoms with Crippen LogP contribution in [0.4, 0.5) is 0 Å². The number of benzene rings is 2. The molecule has 3 heterocycles. The summed E-state index contributed by atoms with van der Waals surface area (Å²) >= 11 is 7.42. The number of carbonyl (C=O) groups is 2. The van der Waals surface area contributed by atoms with Crippen LogP contribution in [0.25, 0.3) is 17.4 Å². The number of aryl methyl sites for hydroxylation is 1. The molecule has 0 spiro atoms. The number of nitrogens with zero attached hydrogens (tertiary/aromatic N) is 3. The third-order valence-electron chi connectivity index (χ3n) is 7.30. The Kier molecular flexibility index (Phi) is 8.34. The average Bonchev–Trinajstić information content (AvgIpc) is 3.56. The van der Waals surface area contributed by atoms with Crippen molar-refractivity contribution < 1.29 is 18.7 Å². The van der Waals surface area contributed by atoms with Crippen LogP contribution in [-0.2, 0) is 9.53 Å². The summed E-state index contributed by atoms with van der Waals surface area (Å²) in [4.78, 5) is 46.5. The van der Waals surface area contributed by atoms with E-state index in [-0.39, 0.29) is 11.5 Å². The van der Waals surface area contributed by atoms with Crippen molar-refractivity contribution in [1.29, 1.82) is 0 Å². The standard InChI is InChI=1S/C32H30ClN3O5S/c1-6-35(7-2)30(38)27-19(4)34-32-36(28(27)20-8-11-22(33)12-9-20)29(37)26(42-32)17-23-13-15-25(41-23)24-14-10-21(16-18(24)3)31(39)40-5/h8-17,28H,6-7H2,1-5H3/b26-17-/t28-/m1/s1. The Hall–Kier alpha value is -4.21. The second-order valence-electron chi connectivity index (χ2n) is 9.83. The van der Waals surface area contributed by atoms with Crippen LogP contribution in [0.2, 0.25) is 5.02 Å². The van der Waals surface area contributed by atoms with Gasteiger partial charge < -0.3 is 14.1 Å². The van der Waals surface area contributed by atoms with Crippen LogP contribution in [0.5, 0.6) is 0 Å². The number of rotatable bonds is 7. The number of esters is 1. The number of fused-ring (bicyclic) bond motifs is 1. The number of hydrogen-bond acceptors (Lipinski definition) is 7. The van der Waals surface area contributed by atoms with Crippen molar-refractivity contribution in [2.75, 3.05) is 20.2 Å². The van der Waals surface area contributed by atoms with Crippen molar-refractivity contribution >= 4 is 40.9 Å². The molecule has 10 heteroatoms. The topological polar surface area (TPSA) is 94.1 Å². The van der Waals surface area contributed by atoms with Crippen molar-refractivity contribution in [1.82, 2.24) is 9.47 Å². The van der Waals surface area contributed by atoms with Gasteiger partial charge in [-0.05, 0) is 75.2 Å². The lowest BCUT2D eigenvalue weighted by Crippen LogP contribution is -2.43. The van der Waals surface area contributed by atoms with Crippen LogP contribution in [0.15, 0.2) is 80.1 Å². The van der Waals surface area contributed by atoms with Crippen LogP contribution in [0, 0.1) is 6.92 Å². The van der Waals surface area contributed by atoms with Crippen molar-refractivity contribution in [2.45, 2.75) is 33.7 Å². The number of amides is 1. The van der Waals surface area contributed by atoms with Gasteiger partial charge in [-0.15, -0.1) is 0 Å². The zero-order valence-corrected chi connectivity index (χ0v) is 25.5. The average molecular weight is 604 g/mol. The molecule has 0 saturated carbocycles. The Morgan fingerprint density at radius 2 is 1.81 bits per heavy atom. The second-order valence-corrected chi connectivity index (χ2v) is 11.3. The first-order chi connectivity index (χ1) is 20.2. The van der Waals surface area contributed by atoms with Gasteiger partial charge in [-0.3, -0.25) is 14.2 Å². The van der Waals surface area contributed by atoms with E-state index in [1.165, 1.54) is 18.4 Å². The number of methoxy groups -OCH3 is 1. The first-order valence-corrected chi connectivity index (χ1v) is 14.7. The van der Waals surface area contributed by atoms with Gasteiger partial charge in [0, 0.05) is 29.8 Å². The van der Waals surface area contributed by atoms with E-state index in [9.17, 15) is 14.4 Å². The molecule has 1 aliphatic rings. The summed E-state index contributed by atoms with van der Waals surface area (Å²) in [5, 5.41) is 0.562. The predicted molar refractivity (Wildman–Crippen MR) is 163 cm³/mol. The lowest BCUT2D eigenvalue weighted by atomic mass is 9.94. The van der Waals surface area contributed by atoms with Crippen molar-refractivity contribution in [3.8, 4) is 11.3 Å². The smallest absolute Gasteiger partial charge is 0.337 e. The van der Waals surface area contributed by atoms with Crippen molar-refractivity contribution in [3.05, 3.63) is 113 Å². The summed E-state index contributed by atoms with van der Waals surface area (Å²) < 4.78 is 12.9. The normalized spacial score (nSPS) is 14.9. The van der Waals surface area contributed by atoms with Gasteiger partial charge in [-0.25, -0.2) is 9.79 Å². The predicted octanol–water partition coefficient (Wildman–Crippen LogP) is 5.11. The Morgan fingerprint density at radius 3 is 2.45 bits per heavy atom. The Morgan fingerprint density at radius 1 is 1.10 bits per heavy atom. The van der Waals surface area contributed by atoms with Gasteiger partial charge in [0.2, 0.25) is 0 Å². The molecule has 1 amide bonds. The van der Waals surface area contributed by atoms with E-state index < -0.39 is 12.0 Å². The number of allylic oxidation sites excluding steroid dienone is 1. The molecule has 4 aromatic rings. The molecule has 0 saturated heterocycles. The number of hydrogen-bond donors (Lipinski definition) is 0. The molecule has 1 atom stereocenters. The van der Waals surface area contributed by atoms with E-state index in [0.29, 0.717) is 55.8 Å². The highest BCUT2D eigenvalue weighted by Crippen LogP contribution is 2.32. The number of halogens is 1. The SMILES string of the molecule is CCN(CC)C(=O)C1=C(C)N=c2s/c(=C\c3ccc(-c4ccc(C(=O)OC)cc4C)o3)c(=O)n2[C@@H]1c1ccc(Cl)cc1. The van der Waals surface area contributed by atoms with Gasteiger partial charge in [0.05, 0.1) is 34.5 Å². The lowest BCUT2D eigenvalue weighted by Gasteiger charge is -2.29. The minimum atomic E-state index is -0.656. The third-order valence-corrected chi connectivity index (χ3v) is 8.54. The molecule has 0 bridgehead atoms. The van der Waals surface area contributed by atoms with E-state index in [0.717, 1.165) is 16.7 Å². The van der Waals surface area contributed by atoms with Gasteiger partial charge in [0.25, 0.3) is 11.5 Å². The third kappa shape index (κ3) is 5.37. The van der Waals surface area contributed by atoms with Crippen LogP contribution in [-0.4, -0.2) is 41.5 Å². The molecule has 0 N–H and O–H groups in total. The molecule has 0 unspecified atom stereocenters. The van der Waals surface area contributed by atoms with Gasteiger partial charge in [0.15, 0.2) is 4.80 Å². The number of aromatic nitrogens is 1. The number of carbonyl (C=O) groups excluding carboxylic acids is 2. The molecule has 2 aromatic carbocycles. The molecule has 1 aliphatic heterocycles. The monoisotopic (exact) mass is 603 g/mol. The summed E-state index contributed by atoms with van der Waals surface area (Å²) in [6.07, 6.45) is 1.69. The molecule has 42 heavy (non-hydrogen) atoms. The van der Waals surface area contributed by atoms with Crippen LogP contribution in [0.3, 0.4) is 0 Å². The van der Waals surface area contributed by atoms with Gasteiger partial charge in [-0.2, -0.15) is 0 Å². The maximum Gasteiger partial charge on any atom is 0.337 e. The summed E-state index contributed by atoms with van der Waals surface area (Å²) in [7, 11) is 1.34. The van der Waals surface area contributed by atoms with E-state index in [2.05, 4.69) is 0 Å². The summed E-state index contributed by atoms with van der Waals surface area (Å²) in [6.45, 7) is 8.62. The molecule has 2 aromatic heterocycles. The molecule has 0 radical (unpaired) electrons. The summed E-state index contributed by atoms with van der Waals surface area (Å²) in [6, 6.07) is 15.4. The number of thiazole rings is 1. The second kappa shape index (κ2) is 12.0. The quantitative estimate of drug-likeness (QED) is 0.274. The minimum absolute atomic E-state index is 0.153. The Balaban J connectivity index is 1.60. The maximum absolute atomic E-state index is 13.9. The molecule has 216 valence electrons. The Bertz CT molecular complexity index is 1890. The Labute approximate surface area is 251 Å². The van der Waals surface area contributed by atoms with Gasteiger partial charge >= 0.3 is 5.97 Å². The fraction of sp³-hybridized carbons (Fsp3) is 0.250. The van der Waals surface area contributed by atoms with Crippen molar-refractivity contribution in [2.24, 2.45) is 4.99 Å². The van der Waals surface area contributed by atoms with Crippen LogP contribution < -0.4 is 14.9 Å². The largest absolute Gasteiger partial charge is 0.465 e. The number of likely N-dealkylation sites (N-methyl/N-ethyl adjacent to an activating group) is 1. The summed E-state index contributed by atoms with van der Waals surface area (Å²) in [5.74, 6) is 0.531. The zero-order valence-electron chi connectivity index (χ0n) is 23.9. The fourth-order valence-electron chi connectivity index (χ4n) is 5.13. The highest BCUT2D eigenvalue weighted by molar-refractivity contribution is 7.07. The van der Waals surface area contributed by atoms with E-state index >= 15 is 0 Å². The first-order valence-electron chi connectivity index (χ1n) is 13.5. The maximum atomic E-state index is 13.9. The highest BCUT2D eigenvalue weighted by Gasteiger charge is 2.34. The summed E-state index contributed by atoms with van der Waals surface area (Å²) in [5.41, 5.74) is 3.66. The lowest BCUT2D eigenvalue weighted by molar-refractivity contribution is -0.127. The van der Waals surface area contributed by atoms with E-state index in [1.54, 1.807) is 51.9 Å². The number of ether oxygens (including phenoxy) is 1. The number of furan rings is 1. The van der Waals surface area contributed by atoms with E-state index in [4.69, 9.17) is 25.7 Å². The minimum Gasteiger partial charge on any atom is -0.465 e. The van der Waals surface area contributed by atoms with Gasteiger partial charge in [-0.1, -0.05) is 41.1 Å². The molecule has 0 aliphatic carbocycles. The van der Waals surface area contributed by atoms with E-state index in [1.807, 2.05) is 45.9 Å². The first kappa shape index (κ1) is 29.3. The molecule has 0 fully saturated rings. The molecule has 8 nitrogen and oxygen atoms in total. The fourth-order valence-corrected chi connectivity index (χ4v) is 6.28.